The highest BCUT2D eigenvalue weighted by Crippen LogP contribution is 2.59. The van der Waals surface area contributed by atoms with E-state index in [2.05, 4.69) is 6.08 Å². The van der Waals surface area contributed by atoms with Gasteiger partial charge >= 0.3 is 6.18 Å². The van der Waals surface area contributed by atoms with Crippen LogP contribution in [0.4, 0.5) is 13.2 Å². The number of alkyl halides is 3. The molecule has 2 bridgehead atoms. The molecule has 8 nitrogen and oxygen atoms in total. The number of methoxy groups -OCH3 is 2. The van der Waals surface area contributed by atoms with E-state index in [1.165, 1.54) is 36.7 Å². The molecule has 1 saturated carbocycles. The van der Waals surface area contributed by atoms with Gasteiger partial charge in [-0.05, 0) is 105 Å². The number of sulfonamides is 1. The van der Waals surface area contributed by atoms with Gasteiger partial charge in [-0.3, -0.25) is 4.79 Å². The van der Waals surface area contributed by atoms with Gasteiger partial charge in [-0.25, -0.2) is 8.42 Å². The number of hydrogen-bond donors (Lipinski definition) is 2. The van der Waals surface area contributed by atoms with Crippen molar-refractivity contribution >= 4 is 27.1 Å². The van der Waals surface area contributed by atoms with Crippen LogP contribution < -0.4 is 9.47 Å². The van der Waals surface area contributed by atoms with Gasteiger partial charge in [0, 0.05) is 41.3 Å². The lowest BCUT2D eigenvalue weighted by atomic mass is 9.64. The minimum absolute atomic E-state index is 0.115. The molecule has 4 aromatic rings. The average Bonchev–Trinajstić information content (AvgIpc) is 3.80. The smallest absolute Gasteiger partial charge is 0.416 e. The number of ether oxygens (including phenoxy) is 2. The number of halogens is 3. The molecule has 300 valence electrons. The van der Waals surface area contributed by atoms with Crippen molar-refractivity contribution in [3.8, 4) is 11.5 Å². The summed E-state index contributed by atoms with van der Waals surface area (Å²) in [5.41, 5.74) is -0.658. The lowest BCUT2D eigenvalue weighted by Crippen LogP contribution is -2.53. The fourth-order valence-corrected chi connectivity index (χ4v) is 11.0. The molecule has 56 heavy (non-hydrogen) atoms. The first-order chi connectivity index (χ1) is 26.5. The highest BCUT2D eigenvalue weighted by atomic mass is 32.2. The summed E-state index contributed by atoms with van der Waals surface area (Å²) < 4.78 is 82.8. The van der Waals surface area contributed by atoms with Crippen LogP contribution in [0.25, 0.3) is 0 Å². The van der Waals surface area contributed by atoms with Gasteiger partial charge < -0.3 is 19.7 Å². The molecule has 0 radical (unpaired) electrons. The molecule has 3 aliphatic carbocycles. The summed E-state index contributed by atoms with van der Waals surface area (Å²) in [6.07, 6.45) is -0.454. The molecule has 0 spiro atoms. The van der Waals surface area contributed by atoms with E-state index in [0.29, 0.717) is 60.3 Å². The number of benzene rings is 3. The monoisotopic (exact) mass is 811 g/mol. The van der Waals surface area contributed by atoms with Crippen LogP contribution in [-0.2, 0) is 29.2 Å². The zero-order valence-corrected chi connectivity index (χ0v) is 33.6. The van der Waals surface area contributed by atoms with E-state index in [1.807, 2.05) is 19.9 Å². The van der Waals surface area contributed by atoms with E-state index in [4.69, 9.17) is 9.47 Å². The summed E-state index contributed by atoms with van der Waals surface area (Å²) in [7, 11) is -1.14. The zero-order chi connectivity index (χ0) is 40.5. The molecule has 0 saturated heterocycles. The number of nitrogens with zero attached hydrogens (tertiary/aromatic N) is 1. The topological polar surface area (TPSA) is 113 Å². The Morgan fingerprint density at radius 1 is 1.00 bits per heavy atom. The Balaban J connectivity index is 1.48. The first-order valence-corrected chi connectivity index (χ1v) is 21.0. The molecule has 7 rings (SSSR count). The predicted octanol–water partition coefficient (Wildman–Crippen LogP) is 8.94. The van der Waals surface area contributed by atoms with Crippen LogP contribution in [0.3, 0.4) is 0 Å². The molecular formula is C43H48F3NO7S2. The molecule has 2 N–H and O–H groups in total. The Hall–Kier alpha value is -4.01. The van der Waals surface area contributed by atoms with Crippen LogP contribution in [-0.4, -0.2) is 61.2 Å². The number of hydrogen-bond acceptors (Lipinski definition) is 8. The number of fused-ring (bicyclic) bond motifs is 8. The third-order valence-corrected chi connectivity index (χ3v) is 14.9. The number of aliphatic hydroxyl groups excluding tert-OH is 1. The Morgan fingerprint density at radius 2 is 1.79 bits per heavy atom. The number of thiophene rings is 1. The first kappa shape index (κ1) is 41.6. The van der Waals surface area contributed by atoms with Crippen molar-refractivity contribution in [1.29, 1.82) is 0 Å². The van der Waals surface area contributed by atoms with Crippen molar-refractivity contribution < 1.29 is 46.1 Å². The van der Waals surface area contributed by atoms with E-state index < -0.39 is 50.6 Å². The van der Waals surface area contributed by atoms with Crippen molar-refractivity contribution in [2.75, 3.05) is 20.8 Å². The molecule has 3 aromatic carbocycles. The predicted molar refractivity (Wildman–Crippen MR) is 210 cm³/mol. The number of ketones is 1. The summed E-state index contributed by atoms with van der Waals surface area (Å²) in [5.74, 6) is -0.145. The number of carbonyl (C=O) groups excluding carboxylic acids is 1. The average molecular weight is 812 g/mol. The Morgan fingerprint density at radius 3 is 2.48 bits per heavy atom. The van der Waals surface area contributed by atoms with Crippen molar-refractivity contribution in [3.05, 3.63) is 123 Å². The molecular weight excluding hydrogens is 764 g/mol. The minimum atomic E-state index is -4.66. The van der Waals surface area contributed by atoms with E-state index in [0.717, 1.165) is 29.0 Å². The highest BCUT2D eigenvalue weighted by Gasteiger charge is 2.58. The second-order valence-electron chi connectivity index (χ2n) is 15.2. The molecule has 1 aromatic heterocycles. The van der Waals surface area contributed by atoms with Gasteiger partial charge in [-0.15, -0.1) is 11.3 Å². The van der Waals surface area contributed by atoms with Gasteiger partial charge in [0.1, 0.15) is 15.7 Å². The number of allylic oxidation sites excluding steroid dienone is 2. The lowest BCUT2D eigenvalue weighted by molar-refractivity contribution is -0.137. The number of rotatable bonds is 10. The van der Waals surface area contributed by atoms with Crippen LogP contribution in [0.5, 0.6) is 11.5 Å². The molecule has 3 aliphatic rings. The van der Waals surface area contributed by atoms with E-state index >= 15 is 0 Å². The fraction of sp³-hybridized carbons (Fsp3) is 0.419. The van der Waals surface area contributed by atoms with Crippen molar-refractivity contribution in [3.63, 3.8) is 0 Å². The molecule has 4 unspecified atom stereocenters. The third-order valence-electron chi connectivity index (χ3n) is 11.7. The van der Waals surface area contributed by atoms with Gasteiger partial charge in [0.25, 0.3) is 10.0 Å². The quantitative estimate of drug-likeness (QED) is 0.122. The fourth-order valence-electron chi connectivity index (χ4n) is 8.42. The van der Waals surface area contributed by atoms with Gasteiger partial charge in [-0.2, -0.15) is 17.5 Å². The maximum Gasteiger partial charge on any atom is 0.416 e. The summed E-state index contributed by atoms with van der Waals surface area (Å²) in [4.78, 5) is 14.4. The highest BCUT2D eigenvalue weighted by molar-refractivity contribution is 7.91. The van der Waals surface area contributed by atoms with Gasteiger partial charge in [0.05, 0.1) is 31.5 Å². The van der Waals surface area contributed by atoms with Gasteiger partial charge in [0.2, 0.25) is 0 Å². The maximum absolute atomic E-state index is 14.5. The van der Waals surface area contributed by atoms with Crippen molar-refractivity contribution in [2.24, 2.45) is 5.41 Å². The molecule has 13 heteroatoms. The lowest BCUT2D eigenvalue weighted by Gasteiger charge is -2.46. The molecule has 0 aliphatic heterocycles. The second kappa shape index (κ2) is 16.5. The standard InChI is InChI=1S/C43H48F3NO7S2/c1-28-8-6-19-41(2)37(35-17-13-29(22-33(48)15-12-28)23-36(35)40(49)30-9-5-10-32(24-30)43(44,45)46)18-20-42(41,50)27-47(56(51,52)39-11-7-21-55-39)26-31-14-16-34(53-3)25-38(31)54-4/h5,7-11,13-14,16-17,21,23-25,33,37,48,50H,6,12,15,18-20,22,26-27H2,1-4H3. The maximum atomic E-state index is 14.5. The van der Waals surface area contributed by atoms with E-state index in [9.17, 15) is 36.6 Å². The molecule has 1 heterocycles. The second-order valence-corrected chi connectivity index (χ2v) is 18.4. The van der Waals surface area contributed by atoms with Gasteiger partial charge in [0.15, 0.2) is 5.78 Å². The van der Waals surface area contributed by atoms with Crippen LogP contribution in [0.15, 0.2) is 94.0 Å². The van der Waals surface area contributed by atoms with Crippen LogP contribution in [0.1, 0.15) is 96.5 Å². The van der Waals surface area contributed by atoms with E-state index in [-0.39, 0.29) is 41.3 Å². The van der Waals surface area contributed by atoms with Crippen LogP contribution in [0, 0.1) is 5.41 Å². The third kappa shape index (κ3) is 8.47. The van der Waals surface area contributed by atoms with Crippen molar-refractivity contribution in [1.82, 2.24) is 4.31 Å². The first-order valence-electron chi connectivity index (χ1n) is 18.6. The van der Waals surface area contributed by atoms with Crippen molar-refractivity contribution in [2.45, 2.75) is 93.3 Å². The SMILES string of the molecule is COc1ccc(CN(CC2(O)CCC3c4ccc(cc4C(=O)c4cccc(C(F)(F)F)c4)CC(O)CCC(C)=CCCC32C)S(=O)(=O)c2cccs2)c(OC)c1. The molecule has 4 atom stereocenters. The minimum Gasteiger partial charge on any atom is -0.497 e. The van der Waals surface area contributed by atoms with Crippen LogP contribution in [0.2, 0.25) is 0 Å². The largest absolute Gasteiger partial charge is 0.497 e. The number of carbonyl (C=O) groups is 1. The Labute approximate surface area is 330 Å². The zero-order valence-electron chi connectivity index (χ0n) is 31.9. The van der Waals surface area contributed by atoms with Gasteiger partial charge in [-0.1, -0.05) is 55.0 Å². The number of aliphatic hydroxyl groups is 2. The normalized spacial score (nSPS) is 23.4. The Kier molecular flexibility index (Phi) is 12.2. The Bertz CT molecular complexity index is 2190. The van der Waals surface area contributed by atoms with E-state index in [1.54, 1.807) is 41.8 Å². The summed E-state index contributed by atoms with van der Waals surface area (Å²) in [5, 5.41) is 25.7. The summed E-state index contributed by atoms with van der Waals surface area (Å²) >= 11 is 1.08. The van der Waals surface area contributed by atoms with Crippen LogP contribution >= 0.6 is 11.3 Å². The molecule has 0 amide bonds. The summed E-state index contributed by atoms with van der Waals surface area (Å²) in [6.45, 7) is 3.53. The summed E-state index contributed by atoms with van der Waals surface area (Å²) in [6, 6.07) is 17.9. The molecule has 1 fully saturated rings.